The molecule has 5 rings (SSSR count). The summed E-state index contributed by atoms with van der Waals surface area (Å²) in [6.45, 7) is 2.99. The van der Waals surface area contributed by atoms with E-state index in [-0.39, 0.29) is 26.9 Å². The Hall–Kier alpha value is -3.40. The van der Waals surface area contributed by atoms with Gasteiger partial charge >= 0.3 is 5.69 Å². The molecule has 0 saturated heterocycles. The summed E-state index contributed by atoms with van der Waals surface area (Å²) >= 11 is 12.5. The number of hydrogen-bond donors (Lipinski definition) is 3. The number of likely N-dealkylation sites (N-methyl/N-ethyl adjacent to an activating group) is 1. The first-order chi connectivity index (χ1) is 16.8. The molecule has 0 saturated carbocycles. The molecule has 180 valence electrons. The number of nitrogens with zero attached hydrogens (tertiary/aromatic N) is 5. The Kier molecular flexibility index (Phi) is 6.22. The van der Waals surface area contributed by atoms with Crippen LogP contribution in [0.3, 0.4) is 0 Å². The summed E-state index contributed by atoms with van der Waals surface area (Å²) in [7, 11) is 4.16. The van der Waals surface area contributed by atoms with Crippen LogP contribution in [-0.2, 0) is 6.42 Å². The molecule has 1 aliphatic heterocycles. The van der Waals surface area contributed by atoms with E-state index in [2.05, 4.69) is 56.3 Å². The van der Waals surface area contributed by atoms with Crippen LogP contribution in [0, 0.1) is 5.41 Å². The number of H-pyrrole nitrogens is 1. The number of aromatic nitrogens is 4. The SMILES string of the molecule is CN(C)CCN1CCc2cc(Nc3ncc4c(=N)n(-c5c(Cl)cccc5Cl)c(=O)[nH]c4n3)ccc21. The maximum absolute atomic E-state index is 12.9. The Balaban J connectivity index is 1.44. The molecule has 0 fully saturated rings. The standard InChI is InChI=1S/C24H24Cl2N8O/c1-32(2)10-11-33-9-8-14-12-15(6-7-19(14)33)29-23-28-13-16-21(27)34(24(35)31-22(16)30-23)20-17(25)4-3-5-18(20)26/h3-7,12-13,27H,8-11H2,1-2H3,(H2,28,29,30,31,35). The number of benzene rings is 2. The zero-order valence-electron chi connectivity index (χ0n) is 19.3. The van der Waals surface area contributed by atoms with Gasteiger partial charge < -0.3 is 15.1 Å². The predicted octanol–water partition coefficient (Wildman–Crippen LogP) is 3.56. The lowest BCUT2D eigenvalue weighted by Crippen LogP contribution is -2.34. The molecule has 1 aliphatic rings. The molecule has 3 heterocycles. The smallest absolute Gasteiger partial charge is 0.333 e. The highest BCUT2D eigenvalue weighted by atomic mass is 35.5. The third-order valence-corrected chi connectivity index (χ3v) is 6.61. The number of fused-ring (bicyclic) bond motifs is 2. The van der Waals surface area contributed by atoms with Gasteiger partial charge in [-0.15, -0.1) is 0 Å². The lowest BCUT2D eigenvalue weighted by molar-refractivity contribution is 0.414. The van der Waals surface area contributed by atoms with Gasteiger partial charge in [0.15, 0.2) is 5.65 Å². The summed E-state index contributed by atoms with van der Waals surface area (Å²) in [6.07, 6.45) is 2.48. The second kappa shape index (κ2) is 9.33. The molecule has 11 heteroatoms. The normalized spacial score (nSPS) is 13.0. The van der Waals surface area contributed by atoms with Gasteiger partial charge in [0, 0.05) is 37.2 Å². The molecule has 4 aromatic rings. The molecule has 9 nitrogen and oxygen atoms in total. The number of anilines is 3. The van der Waals surface area contributed by atoms with Crippen LogP contribution in [0.25, 0.3) is 16.7 Å². The summed E-state index contributed by atoms with van der Waals surface area (Å²) in [5.74, 6) is 0.323. The minimum atomic E-state index is -0.572. The minimum Gasteiger partial charge on any atom is -0.370 e. The summed E-state index contributed by atoms with van der Waals surface area (Å²) in [5, 5.41) is 12.7. The summed E-state index contributed by atoms with van der Waals surface area (Å²) in [4.78, 5) is 29.0. The van der Waals surface area contributed by atoms with Crippen molar-refractivity contribution in [2.45, 2.75) is 6.42 Å². The molecular weight excluding hydrogens is 487 g/mol. The summed E-state index contributed by atoms with van der Waals surface area (Å²) < 4.78 is 1.12. The van der Waals surface area contributed by atoms with E-state index in [1.165, 1.54) is 17.4 Å². The zero-order chi connectivity index (χ0) is 24.7. The van der Waals surface area contributed by atoms with Gasteiger partial charge in [-0.1, -0.05) is 29.3 Å². The molecule has 0 aliphatic carbocycles. The van der Waals surface area contributed by atoms with E-state index in [1.54, 1.807) is 18.2 Å². The number of rotatable bonds is 6. The van der Waals surface area contributed by atoms with Crippen LogP contribution in [0.1, 0.15) is 5.56 Å². The van der Waals surface area contributed by atoms with Crippen molar-refractivity contribution in [2.24, 2.45) is 0 Å². The molecule has 0 atom stereocenters. The Labute approximate surface area is 211 Å². The Morgan fingerprint density at radius 2 is 1.97 bits per heavy atom. The number of halogens is 2. The van der Waals surface area contributed by atoms with Crippen LogP contribution >= 0.6 is 23.2 Å². The van der Waals surface area contributed by atoms with E-state index >= 15 is 0 Å². The average molecular weight is 511 g/mol. The van der Waals surface area contributed by atoms with Gasteiger partial charge in [0.2, 0.25) is 5.95 Å². The fraction of sp³-hybridized carbons (Fsp3) is 0.250. The first-order valence-corrected chi connectivity index (χ1v) is 11.9. The molecule has 35 heavy (non-hydrogen) atoms. The van der Waals surface area contributed by atoms with E-state index in [4.69, 9.17) is 28.6 Å². The van der Waals surface area contributed by atoms with Crippen LogP contribution in [0.4, 0.5) is 17.3 Å². The van der Waals surface area contributed by atoms with Gasteiger partial charge in [-0.25, -0.2) is 14.3 Å². The second-order valence-corrected chi connectivity index (χ2v) is 9.46. The number of para-hydroxylation sites is 1. The van der Waals surface area contributed by atoms with Crippen molar-refractivity contribution in [3.63, 3.8) is 0 Å². The Morgan fingerprint density at radius 1 is 1.20 bits per heavy atom. The predicted molar refractivity (Wildman–Crippen MR) is 140 cm³/mol. The summed E-state index contributed by atoms with van der Waals surface area (Å²) in [5.41, 5.74) is 3.19. The van der Waals surface area contributed by atoms with Crippen molar-refractivity contribution in [3.05, 3.63) is 74.2 Å². The Bertz CT molecular complexity index is 1530. The van der Waals surface area contributed by atoms with E-state index in [9.17, 15) is 4.79 Å². The highest BCUT2D eigenvalue weighted by molar-refractivity contribution is 6.37. The van der Waals surface area contributed by atoms with Crippen molar-refractivity contribution < 1.29 is 0 Å². The number of hydrogen-bond acceptors (Lipinski definition) is 7. The summed E-state index contributed by atoms with van der Waals surface area (Å²) in [6, 6.07) is 11.1. The van der Waals surface area contributed by atoms with Crippen molar-refractivity contribution in [3.8, 4) is 5.69 Å². The molecule has 2 aromatic carbocycles. The van der Waals surface area contributed by atoms with E-state index in [0.717, 1.165) is 36.3 Å². The highest BCUT2D eigenvalue weighted by Crippen LogP contribution is 2.31. The van der Waals surface area contributed by atoms with Crippen molar-refractivity contribution in [1.29, 1.82) is 5.41 Å². The molecule has 0 amide bonds. The first-order valence-electron chi connectivity index (χ1n) is 11.1. The molecule has 2 aromatic heterocycles. The van der Waals surface area contributed by atoms with Crippen LogP contribution < -0.4 is 21.4 Å². The van der Waals surface area contributed by atoms with E-state index in [1.807, 2.05) is 6.07 Å². The third-order valence-electron chi connectivity index (χ3n) is 6.00. The quantitative estimate of drug-likeness (QED) is 0.366. The van der Waals surface area contributed by atoms with Crippen LogP contribution in [0.15, 0.2) is 47.4 Å². The Morgan fingerprint density at radius 3 is 2.71 bits per heavy atom. The van der Waals surface area contributed by atoms with Gasteiger partial charge in [-0.2, -0.15) is 4.98 Å². The lowest BCUT2D eigenvalue weighted by Gasteiger charge is -2.21. The van der Waals surface area contributed by atoms with Gasteiger partial charge in [0.25, 0.3) is 0 Å². The largest absolute Gasteiger partial charge is 0.370 e. The average Bonchev–Trinajstić information content (AvgIpc) is 3.21. The molecule has 3 N–H and O–H groups in total. The van der Waals surface area contributed by atoms with Gasteiger partial charge in [-0.3, -0.25) is 10.4 Å². The third kappa shape index (κ3) is 4.50. The molecule has 0 spiro atoms. The van der Waals surface area contributed by atoms with Gasteiger partial charge in [0.1, 0.15) is 5.49 Å². The lowest BCUT2D eigenvalue weighted by atomic mass is 10.1. The molecule has 0 bridgehead atoms. The highest BCUT2D eigenvalue weighted by Gasteiger charge is 2.19. The van der Waals surface area contributed by atoms with Crippen molar-refractivity contribution in [2.75, 3.05) is 43.9 Å². The van der Waals surface area contributed by atoms with Crippen LogP contribution in [-0.4, -0.2) is 58.1 Å². The van der Waals surface area contributed by atoms with E-state index < -0.39 is 5.69 Å². The van der Waals surface area contributed by atoms with E-state index in [0.29, 0.717) is 11.3 Å². The second-order valence-electron chi connectivity index (χ2n) is 8.65. The zero-order valence-corrected chi connectivity index (χ0v) is 20.8. The monoisotopic (exact) mass is 510 g/mol. The van der Waals surface area contributed by atoms with Gasteiger partial charge in [-0.05, 0) is 56.4 Å². The molecular formula is C24H24Cl2N8O. The molecule has 0 unspecified atom stereocenters. The maximum atomic E-state index is 12.9. The van der Waals surface area contributed by atoms with Gasteiger partial charge in [0.05, 0.1) is 21.1 Å². The first kappa shape index (κ1) is 23.3. The minimum absolute atomic E-state index is 0.111. The number of aromatic amines is 1. The topological polar surface area (TPSA) is 106 Å². The van der Waals surface area contributed by atoms with Crippen LogP contribution in [0.2, 0.25) is 10.0 Å². The van der Waals surface area contributed by atoms with Crippen LogP contribution in [0.5, 0.6) is 0 Å². The number of nitrogens with one attached hydrogen (secondary N) is 3. The fourth-order valence-corrected chi connectivity index (χ4v) is 4.80. The maximum Gasteiger partial charge on any atom is 0.333 e. The molecule has 0 radical (unpaired) electrons. The van der Waals surface area contributed by atoms with Crippen molar-refractivity contribution >= 4 is 51.6 Å². The van der Waals surface area contributed by atoms with Crippen molar-refractivity contribution in [1.82, 2.24) is 24.4 Å². The fourth-order valence-electron chi connectivity index (χ4n) is 4.24.